The minimum atomic E-state index is -4.49. The van der Waals surface area contributed by atoms with E-state index in [1.807, 2.05) is 24.8 Å². The van der Waals surface area contributed by atoms with Gasteiger partial charge in [-0.1, -0.05) is 6.07 Å². The highest BCUT2D eigenvalue weighted by molar-refractivity contribution is 6.04. The Morgan fingerprint density at radius 2 is 1.79 bits per heavy atom. The molecule has 150 valence electrons. The molecule has 0 unspecified atom stereocenters. The summed E-state index contributed by atoms with van der Waals surface area (Å²) < 4.78 is 45.3. The molecule has 2 aromatic rings. The maximum atomic E-state index is 13.3. The largest absolute Gasteiger partial charge is 0.416 e. The number of nitrogens with one attached hydrogen (secondary N) is 1. The summed E-state index contributed by atoms with van der Waals surface area (Å²) in [6.07, 6.45) is -4.49. The van der Waals surface area contributed by atoms with Crippen LogP contribution in [0.15, 0.2) is 36.4 Å². The molecule has 3 rings (SSSR count). The number of halogens is 3. The second-order valence-electron chi connectivity index (χ2n) is 7.06. The minimum absolute atomic E-state index is 0.140. The number of nitrogens with zero attached hydrogens (tertiary/aromatic N) is 1. The molecule has 1 amide bonds. The van der Waals surface area contributed by atoms with E-state index in [1.54, 1.807) is 18.2 Å². The first-order valence-corrected chi connectivity index (χ1v) is 9.12. The Kier molecular flexibility index (Phi) is 6.05. The molecule has 4 nitrogen and oxygen atoms in total. The number of aryl methyl sites for hydroxylation is 2. The zero-order valence-electron chi connectivity index (χ0n) is 15.9. The molecule has 0 aromatic heterocycles. The average Bonchev–Trinajstić information content (AvgIpc) is 2.64. The van der Waals surface area contributed by atoms with E-state index in [4.69, 9.17) is 4.74 Å². The molecule has 0 spiro atoms. The summed E-state index contributed by atoms with van der Waals surface area (Å²) in [5.41, 5.74) is 2.28. The number of hydrogen-bond donors (Lipinski definition) is 1. The molecule has 0 bridgehead atoms. The lowest BCUT2D eigenvalue weighted by Gasteiger charge is -2.27. The van der Waals surface area contributed by atoms with Gasteiger partial charge in [0.2, 0.25) is 0 Å². The maximum Gasteiger partial charge on any atom is 0.416 e. The fourth-order valence-corrected chi connectivity index (χ4v) is 3.12. The molecule has 0 atom stereocenters. The van der Waals surface area contributed by atoms with E-state index in [9.17, 15) is 18.0 Å². The van der Waals surface area contributed by atoms with Crippen LogP contribution in [-0.2, 0) is 17.5 Å². The second kappa shape index (κ2) is 8.32. The summed E-state index contributed by atoms with van der Waals surface area (Å²) in [7, 11) is 0. The van der Waals surface area contributed by atoms with Gasteiger partial charge in [0.1, 0.15) is 0 Å². The Morgan fingerprint density at radius 3 is 2.43 bits per heavy atom. The monoisotopic (exact) mass is 392 g/mol. The van der Waals surface area contributed by atoms with Gasteiger partial charge in [0, 0.05) is 30.9 Å². The topological polar surface area (TPSA) is 41.6 Å². The quantitative estimate of drug-likeness (QED) is 0.838. The highest BCUT2D eigenvalue weighted by Crippen LogP contribution is 2.32. The van der Waals surface area contributed by atoms with Crippen molar-refractivity contribution in [1.29, 1.82) is 0 Å². The lowest BCUT2D eigenvalue weighted by Crippen LogP contribution is -2.35. The molecule has 0 saturated carbocycles. The van der Waals surface area contributed by atoms with Gasteiger partial charge in [-0.3, -0.25) is 9.69 Å². The fraction of sp³-hybridized carbons (Fsp3) is 0.381. The van der Waals surface area contributed by atoms with E-state index in [2.05, 4.69) is 5.32 Å². The molecule has 1 fully saturated rings. The van der Waals surface area contributed by atoms with Gasteiger partial charge in [-0.25, -0.2) is 0 Å². The van der Waals surface area contributed by atoms with Crippen molar-refractivity contribution in [2.75, 3.05) is 31.6 Å². The van der Waals surface area contributed by atoms with Crippen molar-refractivity contribution < 1.29 is 22.7 Å². The normalized spacial score (nSPS) is 15.5. The Labute approximate surface area is 162 Å². The standard InChI is InChI=1S/C21H23F3N2O2/c1-14-3-4-17(9-15(14)2)20(27)25-19-11-16(10-18(12-19)21(22,23)24)13-26-5-7-28-8-6-26/h3-4,9-12H,5-8,13H2,1-2H3,(H,25,27). The van der Waals surface area contributed by atoms with Crippen LogP contribution < -0.4 is 5.32 Å². The van der Waals surface area contributed by atoms with Crippen LogP contribution in [0.1, 0.15) is 32.6 Å². The van der Waals surface area contributed by atoms with Crippen molar-refractivity contribution in [2.24, 2.45) is 0 Å². The van der Waals surface area contributed by atoms with Crippen LogP contribution >= 0.6 is 0 Å². The molecular formula is C21H23F3N2O2. The highest BCUT2D eigenvalue weighted by atomic mass is 19.4. The first kappa shape index (κ1) is 20.4. The first-order chi connectivity index (χ1) is 13.2. The molecule has 0 radical (unpaired) electrons. The first-order valence-electron chi connectivity index (χ1n) is 9.12. The third-order valence-corrected chi connectivity index (χ3v) is 4.86. The molecule has 2 aromatic carbocycles. The molecule has 7 heteroatoms. The molecule has 1 aliphatic heterocycles. The summed E-state index contributed by atoms with van der Waals surface area (Å²) in [5, 5.41) is 2.61. The summed E-state index contributed by atoms with van der Waals surface area (Å²) in [6.45, 7) is 6.66. The SMILES string of the molecule is Cc1ccc(C(=O)Nc2cc(CN3CCOCC3)cc(C(F)(F)F)c2)cc1C. The third kappa shape index (κ3) is 5.11. The van der Waals surface area contributed by atoms with Gasteiger partial charge in [-0.05, 0) is 60.9 Å². The average molecular weight is 392 g/mol. The molecule has 28 heavy (non-hydrogen) atoms. The number of carbonyl (C=O) groups excluding carboxylic acids is 1. The minimum Gasteiger partial charge on any atom is -0.379 e. The van der Waals surface area contributed by atoms with Gasteiger partial charge in [0.05, 0.1) is 18.8 Å². The Hall–Kier alpha value is -2.38. The Bertz CT molecular complexity index is 859. The second-order valence-corrected chi connectivity index (χ2v) is 7.06. The van der Waals surface area contributed by atoms with Crippen LogP contribution in [0.5, 0.6) is 0 Å². The van der Waals surface area contributed by atoms with Crippen molar-refractivity contribution in [2.45, 2.75) is 26.6 Å². The van der Waals surface area contributed by atoms with Crippen molar-refractivity contribution in [3.05, 3.63) is 64.2 Å². The third-order valence-electron chi connectivity index (χ3n) is 4.86. The predicted molar refractivity (Wildman–Crippen MR) is 101 cm³/mol. The summed E-state index contributed by atoms with van der Waals surface area (Å²) in [5.74, 6) is -0.431. The molecule has 1 N–H and O–H groups in total. The lowest BCUT2D eigenvalue weighted by molar-refractivity contribution is -0.137. The van der Waals surface area contributed by atoms with Crippen molar-refractivity contribution in [3.8, 4) is 0 Å². The van der Waals surface area contributed by atoms with Crippen LogP contribution in [0.2, 0.25) is 0 Å². The smallest absolute Gasteiger partial charge is 0.379 e. The van der Waals surface area contributed by atoms with E-state index in [0.29, 0.717) is 44.0 Å². The molecular weight excluding hydrogens is 369 g/mol. The van der Waals surface area contributed by atoms with E-state index in [1.165, 1.54) is 0 Å². The molecule has 0 aliphatic carbocycles. The Balaban J connectivity index is 1.84. The van der Waals surface area contributed by atoms with Crippen LogP contribution in [0.3, 0.4) is 0 Å². The van der Waals surface area contributed by atoms with Crippen molar-refractivity contribution >= 4 is 11.6 Å². The zero-order chi connectivity index (χ0) is 20.3. The van der Waals surface area contributed by atoms with E-state index in [0.717, 1.165) is 23.3 Å². The van der Waals surface area contributed by atoms with Gasteiger partial charge >= 0.3 is 6.18 Å². The van der Waals surface area contributed by atoms with E-state index < -0.39 is 17.6 Å². The van der Waals surface area contributed by atoms with Gasteiger partial charge in [-0.2, -0.15) is 13.2 Å². The number of anilines is 1. The number of carbonyl (C=O) groups is 1. The number of hydrogen-bond acceptors (Lipinski definition) is 3. The predicted octanol–water partition coefficient (Wildman–Crippen LogP) is 4.41. The molecule has 1 saturated heterocycles. The van der Waals surface area contributed by atoms with Gasteiger partial charge in [0.25, 0.3) is 5.91 Å². The molecule has 1 heterocycles. The summed E-state index contributed by atoms with van der Waals surface area (Å²) in [4.78, 5) is 14.6. The van der Waals surface area contributed by atoms with E-state index in [-0.39, 0.29) is 5.69 Å². The van der Waals surface area contributed by atoms with Gasteiger partial charge in [-0.15, -0.1) is 0 Å². The Morgan fingerprint density at radius 1 is 1.07 bits per heavy atom. The number of alkyl halides is 3. The van der Waals surface area contributed by atoms with Crippen LogP contribution in [0.4, 0.5) is 18.9 Å². The lowest BCUT2D eigenvalue weighted by atomic mass is 10.1. The fourth-order valence-electron chi connectivity index (χ4n) is 3.12. The maximum absolute atomic E-state index is 13.3. The van der Waals surface area contributed by atoms with Crippen LogP contribution in [0, 0.1) is 13.8 Å². The summed E-state index contributed by atoms with van der Waals surface area (Å²) in [6, 6.07) is 8.93. The number of rotatable bonds is 4. The zero-order valence-corrected chi connectivity index (χ0v) is 15.9. The molecule has 1 aliphatic rings. The van der Waals surface area contributed by atoms with Crippen molar-refractivity contribution in [1.82, 2.24) is 4.90 Å². The van der Waals surface area contributed by atoms with Crippen molar-refractivity contribution in [3.63, 3.8) is 0 Å². The summed E-state index contributed by atoms with van der Waals surface area (Å²) >= 11 is 0. The van der Waals surface area contributed by atoms with E-state index >= 15 is 0 Å². The van der Waals surface area contributed by atoms with Crippen LogP contribution in [0.25, 0.3) is 0 Å². The number of benzene rings is 2. The number of ether oxygens (including phenoxy) is 1. The number of morpholine rings is 1. The van der Waals surface area contributed by atoms with Crippen LogP contribution in [-0.4, -0.2) is 37.1 Å². The number of amides is 1. The highest BCUT2D eigenvalue weighted by Gasteiger charge is 2.31. The van der Waals surface area contributed by atoms with Gasteiger partial charge < -0.3 is 10.1 Å². The van der Waals surface area contributed by atoms with Gasteiger partial charge in [0.15, 0.2) is 0 Å².